The van der Waals surface area contributed by atoms with Crippen LogP contribution in [0.25, 0.3) is 0 Å². The molecule has 1 aliphatic carbocycles. The highest BCUT2D eigenvalue weighted by atomic mass is 19.4. The molecule has 2 rings (SSSR count). The van der Waals surface area contributed by atoms with Crippen LogP contribution in [0.3, 0.4) is 0 Å². The van der Waals surface area contributed by atoms with Crippen molar-refractivity contribution in [1.82, 2.24) is 5.32 Å². The van der Waals surface area contributed by atoms with Gasteiger partial charge in [0.15, 0.2) is 0 Å². The Morgan fingerprint density at radius 2 is 2.00 bits per heavy atom. The average Bonchev–Trinajstić information content (AvgIpc) is 3.18. The minimum Gasteiger partial charge on any atom is -0.396 e. The number of hydrogen-bond acceptors (Lipinski definition) is 2. The molecule has 1 aromatic rings. The molecular weight excluding hydrogens is 274 g/mol. The van der Waals surface area contributed by atoms with E-state index in [-0.39, 0.29) is 24.8 Å². The predicted molar refractivity (Wildman–Crippen MR) is 66.5 cm³/mol. The Balaban J connectivity index is 2.08. The van der Waals surface area contributed by atoms with E-state index in [0.29, 0.717) is 18.4 Å². The standard InChI is InChI=1S/C14H17F4NO/c15-11-4-3-10(12(7-11)14(16,17)18)8-19-13(5-6-20)9-1-2-9/h3-4,7,9,13,19-20H,1-2,5-6,8H2. The number of nitrogens with one attached hydrogen (secondary N) is 1. The molecule has 1 aromatic carbocycles. The molecule has 6 heteroatoms. The molecule has 2 nitrogen and oxygen atoms in total. The number of benzene rings is 1. The third-order valence-corrected chi connectivity index (χ3v) is 3.56. The lowest BCUT2D eigenvalue weighted by Gasteiger charge is -2.19. The summed E-state index contributed by atoms with van der Waals surface area (Å²) in [5.74, 6) is -0.466. The smallest absolute Gasteiger partial charge is 0.396 e. The molecule has 1 unspecified atom stereocenters. The van der Waals surface area contributed by atoms with Crippen LogP contribution in [0.4, 0.5) is 17.6 Å². The highest BCUT2D eigenvalue weighted by molar-refractivity contribution is 5.30. The van der Waals surface area contributed by atoms with Crippen LogP contribution >= 0.6 is 0 Å². The lowest BCUT2D eigenvalue weighted by molar-refractivity contribution is -0.138. The number of aliphatic hydroxyl groups is 1. The first-order valence-corrected chi connectivity index (χ1v) is 6.61. The lowest BCUT2D eigenvalue weighted by atomic mass is 10.0. The number of hydrogen-bond donors (Lipinski definition) is 2. The second-order valence-corrected chi connectivity index (χ2v) is 5.14. The van der Waals surface area contributed by atoms with Gasteiger partial charge in [-0.05, 0) is 42.9 Å². The molecule has 0 radical (unpaired) electrons. The molecule has 2 N–H and O–H groups in total. The Bertz CT molecular complexity index is 457. The lowest BCUT2D eigenvalue weighted by Crippen LogP contribution is -2.32. The van der Waals surface area contributed by atoms with Gasteiger partial charge in [-0.3, -0.25) is 0 Å². The first-order chi connectivity index (χ1) is 9.41. The van der Waals surface area contributed by atoms with Crippen molar-refractivity contribution in [2.24, 2.45) is 5.92 Å². The summed E-state index contributed by atoms with van der Waals surface area (Å²) in [5.41, 5.74) is -0.911. The van der Waals surface area contributed by atoms with E-state index in [1.807, 2.05) is 0 Å². The van der Waals surface area contributed by atoms with E-state index in [1.54, 1.807) is 0 Å². The highest BCUT2D eigenvalue weighted by Gasteiger charge is 2.35. The molecule has 1 aliphatic rings. The minimum atomic E-state index is -4.56. The average molecular weight is 291 g/mol. The van der Waals surface area contributed by atoms with Crippen LogP contribution in [0.5, 0.6) is 0 Å². The van der Waals surface area contributed by atoms with E-state index in [1.165, 1.54) is 0 Å². The molecule has 0 amide bonds. The fraction of sp³-hybridized carbons (Fsp3) is 0.571. The van der Waals surface area contributed by atoms with E-state index >= 15 is 0 Å². The minimum absolute atomic E-state index is 0.00368. The Morgan fingerprint density at radius 1 is 1.30 bits per heavy atom. The number of alkyl halides is 3. The summed E-state index contributed by atoms with van der Waals surface area (Å²) in [5, 5.41) is 12.0. The topological polar surface area (TPSA) is 32.3 Å². The van der Waals surface area contributed by atoms with Crippen molar-refractivity contribution >= 4 is 0 Å². The normalized spacial score (nSPS) is 17.2. The van der Waals surface area contributed by atoms with Gasteiger partial charge in [0.25, 0.3) is 0 Å². The van der Waals surface area contributed by atoms with Crippen LogP contribution in [-0.4, -0.2) is 17.8 Å². The monoisotopic (exact) mass is 291 g/mol. The summed E-state index contributed by atoms with van der Waals surface area (Å²) in [4.78, 5) is 0. The Kier molecular flexibility index (Phi) is 4.65. The predicted octanol–water partition coefficient (Wildman–Crippen LogP) is 3.10. The quantitative estimate of drug-likeness (QED) is 0.789. The highest BCUT2D eigenvalue weighted by Crippen LogP contribution is 2.35. The molecule has 112 valence electrons. The summed E-state index contributed by atoms with van der Waals surface area (Å²) in [6, 6.07) is 2.74. The van der Waals surface area contributed by atoms with Gasteiger partial charge in [-0.2, -0.15) is 13.2 Å². The number of rotatable bonds is 6. The molecule has 0 aliphatic heterocycles. The maximum absolute atomic E-state index is 13.0. The summed E-state index contributed by atoms with van der Waals surface area (Å²) >= 11 is 0. The number of aliphatic hydroxyl groups excluding tert-OH is 1. The molecule has 0 aromatic heterocycles. The first kappa shape index (κ1) is 15.3. The zero-order valence-corrected chi connectivity index (χ0v) is 10.9. The Hall–Kier alpha value is -1.14. The van der Waals surface area contributed by atoms with Crippen molar-refractivity contribution in [3.63, 3.8) is 0 Å². The van der Waals surface area contributed by atoms with Gasteiger partial charge < -0.3 is 10.4 Å². The first-order valence-electron chi connectivity index (χ1n) is 6.61. The van der Waals surface area contributed by atoms with Crippen molar-refractivity contribution in [2.75, 3.05) is 6.61 Å². The van der Waals surface area contributed by atoms with Crippen molar-refractivity contribution in [3.8, 4) is 0 Å². The molecule has 0 spiro atoms. The van der Waals surface area contributed by atoms with Gasteiger partial charge in [0.05, 0.1) is 5.56 Å². The fourth-order valence-electron chi connectivity index (χ4n) is 2.35. The van der Waals surface area contributed by atoms with Crippen molar-refractivity contribution in [3.05, 3.63) is 35.1 Å². The van der Waals surface area contributed by atoms with E-state index in [9.17, 15) is 17.6 Å². The SMILES string of the molecule is OCCC(NCc1ccc(F)cc1C(F)(F)F)C1CC1. The largest absolute Gasteiger partial charge is 0.416 e. The van der Waals surface area contributed by atoms with Crippen LogP contribution in [-0.2, 0) is 12.7 Å². The van der Waals surface area contributed by atoms with E-state index < -0.39 is 17.6 Å². The van der Waals surface area contributed by atoms with E-state index in [2.05, 4.69) is 5.32 Å². The number of halogens is 4. The van der Waals surface area contributed by atoms with Crippen LogP contribution in [0.15, 0.2) is 18.2 Å². The maximum atomic E-state index is 13.0. The van der Waals surface area contributed by atoms with Gasteiger partial charge >= 0.3 is 6.18 Å². The van der Waals surface area contributed by atoms with Crippen LogP contribution in [0.2, 0.25) is 0 Å². The zero-order valence-electron chi connectivity index (χ0n) is 10.9. The van der Waals surface area contributed by atoms with Gasteiger partial charge in [-0.15, -0.1) is 0 Å². The molecule has 1 fully saturated rings. The van der Waals surface area contributed by atoms with E-state index in [0.717, 1.165) is 25.0 Å². The third kappa shape index (κ3) is 3.93. The third-order valence-electron chi connectivity index (χ3n) is 3.56. The van der Waals surface area contributed by atoms with Crippen LogP contribution in [0.1, 0.15) is 30.4 Å². The summed E-state index contributed by atoms with van der Waals surface area (Å²) in [6.45, 7) is 0.0278. The summed E-state index contributed by atoms with van der Waals surface area (Å²) < 4.78 is 51.5. The molecular formula is C14H17F4NO. The fourth-order valence-corrected chi connectivity index (χ4v) is 2.35. The summed E-state index contributed by atoms with van der Waals surface area (Å²) in [7, 11) is 0. The van der Waals surface area contributed by atoms with Crippen LogP contribution < -0.4 is 5.32 Å². The van der Waals surface area contributed by atoms with E-state index in [4.69, 9.17) is 5.11 Å². The van der Waals surface area contributed by atoms with Crippen molar-refractivity contribution < 1.29 is 22.7 Å². The summed E-state index contributed by atoms with van der Waals surface area (Å²) in [6.07, 6.45) is -1.97. The second kappa shape index (κ2) is 6.10. The zero-order chi connectivity index (χ0) is 14.8. The molecule has 1 saturated carbocycles. The Morgan fingerprint density at radius 3 is 2.55 bits per heavy atom. The van der Waals surface area contributed by atoms with Gasteiger partial charge in [0.1, 0.15) is 5.82 Å². The molecule has 0 saturated heterocycles. The van der Waals surface area contributed by atoms with Gasteiger partial charge in [0, 0.05) is 19.2 Å². The van der Waals surface area contributed by atoms with Crippen molar-refractivity contribution in [1.29, 1.82) is 0 Å². The van der Waals surface area contributed by atoms with Gasteiger partial charge in [-0.1, -0.05) is 6.07 Å². The second-order valence-electron chi connectivity index (χ2n) is 5.14. The molecule has 0 heterocycles. The van der Waals surface area contributed by atoms with Gasteiger partial charge in [0.2, 0.25) is 0 Å². The maximum Gasteiger partial charge on any atom is 0.416 e. The Labute approximate surface area is 114 Å². The van der Waals surface area contributed by atoms with Crippen LogP contribution in [0, 0.1) is 11.7 Å². The molecule has 0 bridgehead atoms. The molecule has 1 atom stereocenters. The van der Waals surface area contributed by atoms with Gasteiger partial charge in [-0.25, -0.2) is 4.39 Å². The van der Waals surface area contributed by atoms with Crippen molar-refractivity contribution in [2.45, 2.75) is 38.0 Å². The molecule has 20 heavy (non-hydrogen) atoms.